The summed E-state index contributed by atoms with van der Waals surface area (Å²) in [6.07, 6.45) is 3.33. The molecule has 0 bridgehead atoms. The minimum Gasteiger partial charge on any atom is -0.319 e. The van der Waals surface area contributed by atoms with Gasteiger partial charge >= 0.3 is 0 Å². The van der Waals surface area contributed by atoms with Crippen LogP contribution in [0.3, 0.4) is 0 Å². The van der Waals surface area contributed by atoms with Crippen LogP contribution in [0.5, 0.6) is 0 Å². The van der Waals surface area contributed by atoms with Gasteiger partial charge in [-0.05, 0) is 31.2 Å². The van der Waals surface area contributed by atoms with E-state index in [2.05, 4.69) is 25.5 Å². The van der Waals surface area contributed by atoms with E-state index in [1.54, 1.807) is 27.4 Å². The van der Waals surface area contributed by atoms with Crippen LogP contribution in [-0.2, 0) is 7.05 Å². The molecule has 9 heteroatoms. The minimum atomic E-state index is -0.387. The van der Waals surface area contributed by atoms with Gasteiger partial charge in [0.15, 0.2) is 11.5 Å². The normalized spacial score (nSPS) is 11.2. The molecule has 0 aliphatic heterocycles. The van der Waals surface area contributed by atoms with E-state index >= 15 is 0 Å². The average Bonchev–Trinajstić information content (AvgIpc) is 3.23. The number of aromatic nitrogens is 7. The Balaban J connectivity index is 1.77. The van der Waals surface area contributed by atoms with E-state index in [1.165, 1.54) is 6.20 Å². The molecule has 0 aliphatic carbocycles. The molecule has 1 N–H and O–H groups in total. The van der Waals surface area contributed by atoms with Gasteiger partial charge in [-0.3, -0.25) is 9.48 Å². The van der Waals surface area contributed by atoms with Crippen LogP contribution in [0.25, 0.3) is 27.9 Å². The highest BCUT2D eigenvalue weighted by atomic mass is 16.1. The summed E-state index contributed by atoms with van der Waals surface area (Å²) in [4.78, 5) is 25.5. The predicted octanol–water partition coefficient (Wildman–Crippen LogP) is 2.49. The molecule has 0 saturated heterocycles. The number of anilines is 2. The van der Waals surface area contributed by atoms with Gasteiger partial charge in [0.05, 0.1) is 16.8 Å². The minimum absolute atomic E-state index is 0.300. The van der Waals surface area contributed by atoms with Gasteiger partial charge < -0.3 is 5.32 Å². The molecule has 5 aromatic rings. The Morgan fingerprint density at radius 3 is 2.66 bits per heavy atom. The summed E-state index contributed by atoms with van der Waals surface area (Å²) in [7, 11) is 1.86. The molecule has 29 heavy (non-hydrogen) atoms. The fourth-order valence-electron chi connectivity index (χ4n) is 3.24. The smallest absolute Gasteiger partial charge is 0.293 e. The molecule has 0 amide bonds. The standard InChI is InChI=1S/C20H16N8O/c1-12-14(11-27(2)25-12)17-24-18-13-7-3-4-8-15(13)22-20(28(18)26-17)23-16-9-5-6-10-21-19(16)29/h3-11H,1-2H3,(H,21,22,23,29). The van der Waals surface area contributed by atoms with Crippen LogP contribution in [0.15, 0.2) is 59.7 Å². The van der Waals surface area contributed by atoms with E-state index in [0.29, 0.717) is 23.1 Å². The number of rotatable bonds is 3. The number of benzene rings is 1. The summed E-state index contributed by atoms with van der Waals surface area (Å²) in [5.74, 6) is 0.917. The van der Waals surface area contributed by atoms with Crippen LogP contribution in [0, 0.1) is 6.92 Å². The molecule has 0 unspecified atom stereocenters. The first-order valence-electron chi connectivity index (χ1n) is 8.98. The van der Waals surface area contributed by atoms with Crippen molar-refractivity contribution in [3.05, 3.63) is 70.9 Å². The second kappa shape index (κ2) is 6.48. The van der Waals surface area contributed by atoms with Crippen molar-refractivity contribution in [2.24, 2.45) is 7.05 Å². The van der Waals surface area contributed by atoms with E-state index in [0.717, 1.165) is 22.2 Å². The van der Waals surface area contributed by atoms with Crippen molar-refractivity contribution in [3.8, 4) is 11.4 Å². The lowest BCUT2D eigenvalue weighted by atomic mass is 10.2. The summed E-state index contributed by atoms with van der Waals surface area (Å²) in [5, 5.41) is 13.0. The highest BCUT2D eigenvalue weighted by Crippen LogP contribution is 2.26. The molecule has 4 aromatic heterocycles. The van der Waals surface area contributed by atoms with E-state index in [4.69, 9.17) is 4.98 Å². The predicted molar refractivity (Wildman–Crippen MR) is 109 cm³/mol. The number of hydrogen-bond acceptors (Lipinski definition) is 7. The third-order valence-corrected chi connectivity index (χ3v) is 4.56. The molecule has 0 saturated carbocycles. The van der Waals surface area contributed by atoms with Crippen LogP contribution >= 0.6 is 0 Å². The summed E-state index contributed by atoms with van der Waals surface area (Å²) >= 11 is 0. The Morgan fingerprint density at radius 2 is 1.83 bits per heavy atom. The molecular weight excluding hydrogens is 368 g/mol. The second-order valence-electron chi connectivity index (χ2n) is 6.60. The van der Waals surface area contributed by atoms with Crippen molar-refractivity contribution in [3.63, 3.8) is 0 Å². The summed E-state index contributed by atoms with van der Waals surface area (Å²) in [6, 6.07) is 12.8. The Morgan fingerprint density at radius 1 is 1.00 bits per heavy atom. The van der Waals surface area contributed by atoms with Crippen molar-refractivity contribution in [2.45, 2.75) is 6.92 Å². The molecule has 0 atom stereocenters. The second-order valence-corrected chi connectivity index (χ2v) is 6.60. The first-order chi connectivity index (χ1) is 14.1. The van der Waals surface area contributed by atoms with Gasteiger partial charge in [0, 0.05) is 24.8 Å². The SMILES string of the molecule is Cc1nn(C)cc1-c1nc2c3ccccc3nc(Nc3ccccnc3=O)n2n1. The topological polar surface area (TPSA) is 103 Å². The Labute approximate surface area is 164 Å². The molecule has 0 radical (unpaired) electrons. The molecule has 0 aliphatic rings. The summed E-state index contributed by atoms with van der Waals surface area (Å²) in [5.41, 5.74) is 2.96. The van der Waals surface area contributed by atoms with Gasteiger partial charge in [0.2, 0.25) is 5.95 Å². The quantitative estimate of drug-likeness (QED) is 0.510. The number of hydrogen-bond donors (Lipinski definition) is 1. The van der Waals surface area contributed by atoms with Crippen molar-refractivity contribution in [2.75, 3.05) is 5.32 Å². The van der Waals surface area contributed by atoms with Crippen molar-refractivity contribution in [1.82, 2.24) is 34.3 Å². The lowest BCUT2D eigenvalue weighted by Crippen LogP contribution is -2.11. The van der Waals surface area contributed by atoms with Gasteiger partial charge in [0.25, 0.3) is 5.56 Å². The number of fused-ring (bicyclic) bond motifs is 3. The molecular formula is C20H16N8O. The Hall–Kier alpha value is -4.14. The van der Waals surface area contributed by atoms with Crippen LogP contribution in [0.4, 0.5) is 11.6 Å². The van der Waals surface area contributed by atoms with Crippen molar-refractivity contribution in [1.29, 1.82) is 0 Å². The molecule has 0 fully saturated rings. The summed E-state index contributed by atoms with van der Waals surface area (Å²) in [6.45, 7) is 1.91. The molecule has 4 heterocycles. The van der Waals surface area contributed by atoms with Crippen LogP contribution in [-0.4, -0.2) is 34.3 Å². The lowest BCUT2D eigenvalue weighted by molar-refractivity contribution is 0.756. The third kappa shape index (κ3) is 2.89. The van der Waals surface area contributed by atoms with Gasteiger partial charge in [-0.25, -0.2) is 15.0 Å². The molecule has 5 rings (SSSR count). The number of nitrogens with zero attached hydrogens (tertiary/aromatic N) is 7. The highest BCUT2D eigenvalue weighted by molar-refractivity contribution is 5.93. The average molecular weight is 384 g/mol. The molecule has 1 aromatic carbocycles. The zero-order valence-corrected chi connectivity index (χ0v) is 15.7. The zero-order chi connectivity index (χ0) is 20.0. The summed E-state index contributed by atoms with van der Waals surface area (Å²) < 4.78 is 3.34. The van der Waals surface area contributed by atoms with Crippen LogP contribution < -0.4 is 10.9 Å². The van der Waals surface area contributed by atoms with Crippen LogP contribution in [0.2, 0.25) is 0 Å². The van der Waals surface area contributed by atoms with E-state index < -0.39 is 0 Å². The fourth-order valence-corrected chi connectivity index (χ4v) is 3.24. The largest absolute Gasteiger partial charge is 0.319 e. The molecule has 142 valence electrons. The number of nitrogens with one attached hydrogen (secondary N) is 1. The van der Waals surface area contributed by atoms with Gasteiger partial charge in [-0.1, -0.05) is 18.2 Å². The van der Waals surface area contributed by atoms with Gasteiger partial charge in [0.1, 0.15) is 5.69 Å². The number of aryl methyl sites for hydroxylation is 2. The zero-order valence-electron chi connectivity index (χ0n) is 15.7. The van der Waals surface area contributed by atoms with Gasteiger partial charge in [-0.2, -0.15) is 9.61 Å². The maximum atomic E-state index is 12.2. The van der Waals surface area contributed by atoms with E-state index in [1.807, 2.05) is 44.4 Å². The highest BCUT2D eigenvalue weighted by Gasteiger charge is 2.17. The third-order valence-electron chi connectivity index (χ3n) is 4.56. The number of para-hydroxylation sites is 1. The Kier molecular flexibility index (Phi) is 3.80. The maximum absolute atomic E-state index is 12.2. The van der Waals surface area contributed by atoms with Crippen LogP contribution in [0.1, 0.15) is 5.69 Å². The first kappa shape index (κ1) is 17.0. The Bertz CT molecular complexity index is 1440. The van der Waals surface area contributed by atoms with E-state index in [9.17, 15) is 4.79 Å². The fraction of sp³-hybridized carbons (Fsp3) is 0.100. The molecule has 9 nitrogen and oxygen atoms in total. The maximum Gasteiger partial charge on any atom is 0.293 e. The van der Waals surface area contributed by atoms with Crippen molar-refractivity contribution >= 4 is 28.2 Å². The lowest BCUT2D eigenvalue weighted by Gasteiger charge is -2.07. The van der Waals surface area contributed by atoms with Crippen molar-refractivity contribution < 1.29 is 0 Å². The van der Waals surface area contributed by atoms with Gasteiger partial charge in [-0.15, -0.1) is 5.10 Å². The molecule has 0 spiro atoms. The first-order valence-corrected chi connectivity index (χ1v) is 8.98. The monoisotopic (exact) mass is 384 g/mol. The van der Waals surface area contributed by atoms with E-state index in [-0.39, 0.29) is 5.56 Å².